The Balaban J connectivity index is 1.34. The minimum absolute atomic E-state index is 0.119. The van der Waals surface area contributed by atoms with E-state index in [1.165, 1.54) is 0 Å². The Kier molecular flexibility index (Phi) is 5.38. The summed E-state index contributed by atoms with van der Waals surface area (Å²) in [6, 6.07) is 9.56. The van der Waals surface area contributed by atoms with Gasteiger partial charge in [0.1, 0.15) is 0 Å². The van der Waals surface area contributed by atoms with Crippen molar-refractivity contribution in [2.75, 3.05) is 31.1 Å². The molecule has 0 radical (unpaired) electrons. The lowest BCUT2D eigenvalue weighted by Crippen LogP contribution is -2.49. The molecule has 0 unspecified atom stereocenters. The van der Waals surface area contributed by atoms with Crippen molar-refractivity contribution in [3.8, 4) is 5.13 Å². The molecule has 1 aliphatic heterocycles. The van der Waals surface area contributed by atoms with Crippen molar-refractivity contribution < 1.29 is 4.79 Å². The predicted molar refractivity (Wildman–Crippen MR) is 110 cm³/mol. The van der Waals surface area contributed by atoms with Gasteiger partial charge in [0.25, 0.3) is 0 Å². The first-order valence-electron chi connectivity index (χ1n) is 8.66. The fourth-order valence-corrected chi connectivity index (χ4v) is 4.20. The molecule has 5 nitrogen and oxygen atoms in total. The van der Waals surface area contributed by atoms with E-state index in [0.717, 1.165) is 29.6 Å². The highest BCUT2D eigenvalue weighted by molar-refractivity contribution is 7.12. The second kappa shape index (κ2) is 7.92. The van der Waals surface area contributed by atoms with Crippen molar-refractivity contribution in [3.63, 3.8) is 0 Å². The van der Waals surface area contributed by atoms with Crippen LogP contribution in [0.25, 0.3) is 5.13 Å². The van der Waals surface area contributed by atoms with Crippen molar-refractivity contribution in [2.45, 2.75) is 6.42 Å². The number of piperazine rings is 1. The summed E-state index contributed by atoms with van der Waals surface area (Å²) in [6.07, 6.45) is 4.24. The van der Waals surface area contributed by atoms with Gasteiger partial charge in [-0.25, -0.2) is 4.98 Å². The van der Waals surface area contributed by atoms with E-state index in [-0.39, 0.29) is 5.91 Å². The molecule has 0 N–H and O–H groups in total. The summed E-state index contributed by atoms with van der Waals surface area (Å²) in [6.45, 7) is 2.92. The van der Waals surface area contributed by atoms with Crippen molar-refractivity contribution >= 4 is 46.1 Å². The lowest BCUT2D eigenvalue weighted by molar-refractivity contribution is -0.130. The largest absolute Gasteiger partial charge is 0.368 e. The fourth-order valence-electron chi connectivity index (χ4n) is 3.12. The van der Waals surface area contributed by atoms with Gasteiger partial charge in [-0.15, -0.1) is 11.3 Å². The molecule has 1 fully saturated rings. The van der Waals surface area contributed by atoms with Crippen LogP contribution >= 0.6 is 34.5 Å². The average Bonchev–Trinajstić information content (AvgIpc) is 3.36. The van der Waals surface area contributed by atoms with Gasteiger partial charge in [0.15, 0.2) is 5.13 Å². The van der Waals surface area contributed by atoms with E-state index in [1.54, 1.807) is 17.4 Å². The fraction of sp³-hybridized carbons (Fsp3) is 0.263. The van der Waals surface area contributed by atoms with Crippen LogP contribution in [0, 0.1) is 0 Å². The average molecular weight is 421 g/mol. The summed E-state index contributed by atoms with van der Waals surface area (Å²) in [7, 11) is 0. The van der Waals surface area contributed by atoms with E-state index in [9.17, 15) is 4.79 Å². The number of carbonyl (C=O) groups excluding carboxylic acids is 1. The third-order valence-electron chi connectivity index (χ3n) is 4.60. The highest BCUT2D eigenvalue weighted by Crippen LogP contribution is 2.27. The molecule has 2 aromatic heterocycles. The molecular formula is C19H18Cl2N4OS. The molecule has 0 atom stereocenters. The van der Waals surface area contributed by atoms with Gasteiger partial charge in [-0.2, -0.15) is 0 Å². The quantitative estimate of drug-likeness (QED) is 0.636. The zero-order valence-corrected chi connectivity index (χ0v) is 16.8. The van der Waals surface area contributed by atoms with Gasteiger partial charge < -0.3 is 14.4 Å². The Hall–Kier alpha value is -2.02. The first-order chi connectivity index (χ1) is 13.1. The number of anilines is 1. The molecule has 4 rings (SSSR count). The number of amides is 1. The Morgan fingerprint density at radius 2 is 1.81 bits per heavy atom. The Bertz CT molecular complexity index is 933. The SMILES string of the molecule is O=C(Cc1csc(-n2cccc2)n1)N1CCN(c2ccc(Cl)c(Cl)c2)CC1. The monoisotopic (exact) mass is 420 g/mol. The standard InChI is InChI=1S/C19H18Cl2N4OS/c20-16-4-3-15(12-17(16)21)23-7-9-24(10-8-23)18(26)11-14-13-27-19(22-14)25-5-1-2-6-25/h1-6,12-13H,7-11H2. The first-order valence-corrected chi connectivity index (χ1v) is 10.3. The van der Waals surface area contributed by atoms with E-state index in [4.69, 9.17) is 23.2 Å². The molecule has 3 aromatic rings. The van der Waals surface area contributed by atoms with Crippen LogP contribution in [0.5, 0.6) is 0 Å². The summed E-state index contributed by atoms with van der Waals surface area (Å²) in [5.41, 5.74) is 1.85. The molecule has 27 heavy (non-hydrogen) atoms. The number of hydrogen-bond acceptors (Lipinski definition) is 4. The maximum Gasteiger partial charge on any atom is 0.228 e. The molecule has 140 valence electrons. The van der Waals surface area contributed by atoms with Gasteiger partial charge in [0, 0.05) is 49.6 Å². The number of hydrogen-bond donors (Lipinski definition) is 0. The molecule has 8 heteroatoms. The van der Waals surface area contributed by atoms with Crippen molar-refractivity contribution in [1.82, 2.24) is 14.5 Å². The summed E-state index contributed by atoms with van der Waals surface area (Å²) in [5.74, 6) is 0.119. The zero-order valence-electron chi connectivity index (χ0n) is 14.5. The highest BCUT2D eigenvalue weighted by atomic mass is 35.5. The molecule has 1 aliphatic rings. The number of carbonyl (C=O) groups is 1. The number of nitrogens with zero attached hydrogens (tertiary/aromatic N) is 4. The van der Waals surface area contributed by atoms with Crippen LogP contribution in [-0.2, 0) is 11.2 Å². The van der Waals surface area contributed by atoms with E-state index < -0.39 is 0 Å². The predicted octanol–water partition coefficient (Wildman–Crippen LogP) is 4.13. The van der Waals surface area contributed by atoms with Crippen molar-refractivity contribution in [3.05, 3.63) is 63.8 Å². The number of thiazole rings is 1. The number of halogens is 2. The van der Waals surface area contributed by atoms with Crippen molar-refractivity contribution in [1.29, 1.82) is 0 Å². The molecule has 3 heterocycles. The van der Waals surface area contributed by atoms with Gasteiger partial charge in [-0.3, -0.25) is 4.79 Å². The minimum atomic E-state index is 0.119. The summed E-state index contributed by atoms with van der Waals surface area (Å²) in [4.78, 5) is 21.3. The van der Waals surface area contributed by atoms with Crippen LogP contribution in [0.1, 0.15) is 5.69 Å². The van der Waals surface area contributed by atoms with Gasteiger partial charge in [0.2, 0.25) is 5.91 Å². The molecule has 1 amide bonds. The van der Waals surface area contributed by atoms with Crippen LogP contribution in [0.4, 0.5) is 5.69 Å². The van der Waals surface area contributed by atoms with Gasteiger partial charge in [-0.05, 0) is 30.3 Å². The third kappa shape index (κ3) is 4.13. The van der Waals surface area contributed by atoms with E-state index in [0.29, 0.717) is 29.6 Å². The Morgan fingerprint density at radius 1 is 1.07 bits per heavy atom. The molecule has 0 bridgehead atoms. The Labute approximate surface area is 171 Å². The van der Waals surface area contributed by atoms with Crippen LogP contribution < -0.4 is 4.90 Å². The maximum absolute atomic E-state index is 12.6. The topological polar surface area (TPSA) is 41.4 Å². The maximum atomic E-state index is 12.6. The lowest BCUT2D eigenvalue weighted by Gasteiger charge is -2.36. The second-order valence-electron chi connectivity index (χ2n) is 6.35. The van der Waals surface area contributed by atoms with Gasteiger partial charge in [0.05, 0.1) is 22.2 Å². The molecule has 0 spiro atoms. The lowest BCUT2D eigenvalue weighted by atomic mass is 10.2. The molecule has 1 aromatic carbocycles. The highest BCUT2D eigenvalue weighted by Gasteiger charge is 2.22. The summed E-state index contributed by atoms with van der Waals surface area (Å²) >= 11 is 13.6. The van der Waals surface area contributed by atoms with Gasteiger partial charge in [-0.1, -0.05) is 23.2 Å². The number of aromatic nitrogens is 2. The minimum Gasteiger partial charge on any atom is -0.368 e. The number of benzene rings is 1. The summed E-state index contributed by atoms with van der Waals surface area (Å²) < 4.78 is 1.95. The number of rotatable bonds is 4. The summed E-state index contributed by atoms with van der Waals surface area (Å²) in [5, 5.41) is 3.94. The molecular weight excluding hydrogens is 403 g/mol. The van der Waals surface area contributed by atoms with E-state index in [1.807, 2.05) is 51.5 Å². The normalized spacial score (nSPS) is 14.6. The first kappa shape index (κ1) is 18.3. The van der Waals surface area contributed by atoms with Crippen LogP contribution in [0.15, 0.2) is 48.1 Å². The molecule has 0 aliphatic carbocycles. The molecule has 0 saturated carbocycles. The second-order valence-corrected chi connectivity index (χ2v) is 8.01. The van der Waals surface area contributed by atoms with Crippen LogP contribution in [0.2, 0.25) is 10.0 Å². The Morgan fingerprint density at radius 3 is 2.52 bits per heavy atom. The smallest absolute Gasteiger partial charge is 0.228 e. The van der Waals surface area contributed by atoms with Crippen molar-refractivity contribution in [2.24, 2.45) is 0 Å². The third-order valence-corrected chi connectivity index (χ3v) is 6.24. The van der Waals surface area contributed by atoms with Crippen LogP contribution in [0.3, 0.4) is 0 Å². The van der Waals surface area contributed by atoms with Crippen LogP contribution in [-0.4, -0.2) is 46.5 Å². The molecule has 1 saturated heterocycles. The van der Waals surface area contributed by atoms with E-state index in [2.05, 4.69) is 9.88 Å². The van der Waals surface area contributed by atoms with E-state index >= 15 is 0 Å². The zero-order chi connectivity index (χ0) is 18.8. The van der Waals surface area contributed by atoms with Gasteiger partial charge >= 0.3 is 0 Å².